The minimum Gasteiger partial charge on any atom is -0.398 e. The van der Waals surface area contributed by atoms with Crippen molar-refractivity contribution in [1.82, 2.24) is 10.2 Å². The monoisotopic (exact) mass is 256 g/mol. The number of hydrogen-bond donors (Lipinski definition) is 2. The topological polar surface area (TPSA) is 92.1 Å². The summed E-state index contributed by atoms with van der Waals surface area (Å²) in [6.07, 6.45) is 0. The molecule has 3 rings (SSSR count). The molecule has 19 heavy (non-hydrogen) atoms. The molecule has 1 aliphatic heterocycles. The van der Waals surface area contributed by atoms with Gasteiger partial charge in [-0.05, 0) is 26.0 Å². The van der Waals surface area contributed by atoms with Crippen LogP contribution in [-0.2, 0) is 0 Å². The molecule has 0 aliphatic carbocycles. The highest BCUT2D eigenvalue weighted by Gasteiger charge is 2.40. The van der Waals surface area contributed by atoms with Gasteiger partial charge >= 0.3 is 0 Å². The van der Waals surface area contributed by atoms with E-state index in [9.17, 15) is 9.59 Å². The van der Waals surface area contributed by atoms with Gasteiger partial charge in [-0.1, -0.05) is 6.07 Å². The quantitative estimate of drug-likeness (QED) is 0.596. The number of rotatable bonds is 1. The predicted molar refractivity (Wildman–Crippen MR) is 70.1 cm³/mol. The van der Waals surface area contributed by atoms with Gasteiger partial charge in [-0.25, -0.2) is 4.90 Å². The van der Waals surface area contributed by atoms with Crippen LogP contribution in [0.3, 0.4) is 0 Å². The van der Waals surface area contributed by atoms with Gasteiger partial charge in [0.25, 0.3) is 11.8 Å². The van der Waals surface area contributed by atoms with E-state index in [1.165, 1.54) is 0 Å². The summed E-state index contributed by atoms with van der Waals surface area (Å²) in [5, 5.41) is 6.78. The average molecular weight is 256 g/mol. The number of anilines is 2. The maximum atomic E-state index is 12.4. The molecule has 0 radical (unpaired) electrons. The van der Waals surface area contributed by atoms with Gasteiger partial charge in [0.1, 0.15) is 0 Å². The SMILES string of the molecule is Cc1n[nH]c(C)c1N1C(=O)c2cccc(N)c2C1=O. The largest absolute Gasteiger partial charge is 0.398 e. The second kappa shape index (κ2) is 3.68. The molecule has 0 bridgehead atoms. The number of amides is 2. The van der Waals surface area contributed by atoms with E-state index >= 15 is 0 Å². The van der Waals surface area contributed by atoms with Crippen LogP contribution in [0.15, 0.2) is 18.2 Å². The standard InChI is InChI=1S/C13H12N4O2/c1-6-11(7(2)16-15-6)17-12(18)8-4-3-5-9(14)10(8)13(17)19/h3-5H,14H2,1-2H3,(H,15,16). The van der Waals surface area contributed by atoms with Crippen molar-refractivity contribution in [3.63, 3.8) is 0 Å². The fraction of sp³-hybridized carbons (Fsp3) is 0.154. The number of aromatic amines is 1. The third-order valence-corrected chi connectivity index (χ3v) is 3.26. The van der Waals surface area contributed by atoms with Crippen molar-refractivity contribution in [2.75, 3.05) is 10.6 Å². The number of aromatic nitrogens is 2. The van der Waals surface area contributed by atoms with Gasteiger partial charge in [0.2, 0.25) is 0 Å². The number of nitrogens with one attached hydrogen (secondary N) is 1. The number of fused-ring (bicyclic) bond motifs is 1. The van der Waals surface area contributed by atoms with Crippen LogP contribution in [0.1, 0.15) is 32.1 Å². The molecular weight excluding hydrogens is 244 g/mol. The fourth-order valence-electron chi connectivity index (χ4n) is 2.39. The van der Waals surface area contributed by atoms with Crippen LogP contribution in [0, 0.1) is 13.8 Å². The number of aryl methyl sites for hydroxylation is 2. The van der Waals surface area contributed by atoms with Gasteiger partial charge in [0, 0.05) is 5.69 Å². The summed E-state index contributed by atoms with van der Waals surface area (Å²) in [6.45, 7) is 3.51. The molecule has 2 amide bonds. The number of carbonyl (C=O) groups excluding carboxylic acids is 2. The minimum absolute atomic E-state index is 0.271. The number of imide groups is 1. The molecule has 1 aromatic heterocycles. The molecule has 0 saturated heterocycles. The molecule has 0 spiro atoms. The molecule has 0 fully saturated rings. The van der Waals surface area contributed by atoms with Crippen LogP contribution in [0.2, 0.25) is 0 Å². The van der Waals surface area contributed by atoms with E-state index < -0.39 is 5.91 Å². The van der Waals surface area contributed by atoms with Crippen LogP contribution in [-0.4, -0.2) is 22.0 Å². The summed E-state index contributed by atoms with van der Waals surface area (Å²) < 4.78 is 0. The molecule has 3 N–H and O–H groups in total. The van der Waals surface area contributed by atoms with Gasteiger partial charge in [-0.2, -0.15) is 5.10 Å². The molecule has 1 aromatic carbocycles. The van der Waals surface area contributed by atoms with E-state index in [4.69, 9.17) is 5.73 Å². The Labute approximate surface area is 109 Å². The van der Waals surface area contributed by atoms with Crippen molar-refractivity contribution >= 4 is 23.2 Å². The lowest BCUT2D eigenvalue weighted by molar-refractivity contribution is 0.0926. The van der Waals surface area contributed by atoms with Crippen molar-refractivity contribution in [2.45, 2.75) is 13.8 Å². The van der Waals surface area contributed by atoms with E-state index in [2.05, 4.69) is 10.2 Å². The minimum atomic E-state index is -0.398. The molecule has 1 aliphatic rings. The van der Waals surface area contributed by atoms with E-state index in [1.54, 1.807) is 32.0 Å². The lowest BCUT2D eigenvalue weighted by Crippen LogP contribution is -2.30. The Morgan fingerprint density at radius 3 is 2.53 bits per heavy atom. The van der Waals surface area contributed by atoms with Crippen LogP contribution in [0.25, 0.3) is 0 Å². The summed E-state index contributed by atoms with van der Waals surface area (Å²) in [5.41, 5.74) is 8.50. The summed E-state index contributed by atoms with van der Waals surface area (Å²) in [4.78, 5) is 25.9. The smallest absolute Gasteiger partial charge is 0.268 e. The van der Waals surface area contributed by atoms with Crippen LogP contribution < -0.4 is 10.6 Å². The number of H-pyrrole nitrogens is 1. The summed E-state index contributed by atoms with van der Waals surface area (Å²) in [5.74, 6) is -0.759. The second-order valence-corrected chi connectivity index (χ2v) is 4.50. The van der Waals surface area contributed by atoms with Crippen molar-refractivity contribution in [3.05, 3.63) is 40.7 Å². The van der Waals surface area contributed by atoms with Gasteiger partial charge in [-0.15, -0.1) is 0 Å². The molecule has 2 aromatic rings. The van der Waals surface area contributed by atoms with Crippen molar-refractivity contribution in [1.29, 1.82) is 0 Å². The molecule has 6 heteroatoms. The summed E-state index contributed by atoms with van der Waals surface area (Å²) in [7, 11) is 0. The zero-order chi connectivity index (χ0) is 13.7. The van der Waals surface area contributed by atoms with Gasteiger partial charge in [-0.3, -0.25) is 14.7 Å². The molecule has 0 unspecified atom stereocenters. The van der Waals surface area contributed by atoms with Gasteiger partial charge < -0.3 is 5.73 Å². The van der Waals surface area contributed by atoms with Crippen LogP contribution in [0.5, 0.6) is 0 Å². The highest BCUT2D eigenvalue weighted by atomic mass is 16.2. The first-order chi connectivity index (χ1) is 9.02. The first-order valence-corrected chi connectivity index (χ1v) is 5.81. The Morgan fingerprint density at radius 2 is 1.95 bits per heavy atom. The van der Waals surface area contributed by atoms with Gasteiger partial charge in [0.05, 0.1) is 28.2 Å². The maximum absolute atomic E-state index is 12.4. The fourth-order valence-corrected chi connectivity index (χ4v) is 2.39. The summed E-state index contributed by atoms with van der Waals surface area (Å²) >= 11 is 0. The maximum Gasteiger partial charge on any atom is 0.268 e. The normalized spacial score (nSPS) is 14.1. The Morgan fingerprint density at radius 1 is 1.21 bits per heavy atom. The molecule has 2 heterocycles. The number of nitrogen functional groups attached to an aromatic ring is 1. The van der Waals surface area contributed by atoms with Crippen molar-refractivity contribution in [2.24, 2.45) is 0 Å². The Balaban J connectivity index is 2.22. The lowest BCUT2D eigenvalue weighted by atomic mass is 10.1. The number of carbonyl (C=O) groups is 2. The molecule has 0 saturated carbocycles. The average Bonchev–Trinajstić information content (AvgIpc) is 2.81. The number of benzene rings is 1. The number of hydrogen-bond acceptors (Lipinski definition) is 4. The Kier molecular flexibility index (Phi) is 2.22. The molecular formula is C13H12N4O2. The third kappa shape index (κ3) is 1.40. The Hall–Kier alpha value is -2.63. The van der Waals surface area contributed by atoms with Gasteiger partial charge in [0.15, 0.2) is 0 Å². The molecule has 96 valence electrons. The van der Waals surface area contributed by atoms with E-state index in [0.717, 1.165) is 4.90 Å². The lowest BCUT2D eigenvalue weighted by Gasteiger charge is -2.13. The second-order valence-electron chi connectivity index (χ2n) is 4.50. The summed E-state index contributed by atoms with van der Waals surface area (Å²) in [6, 6.07) is 4.89. The van der Waals surface area contributed by atoms with Crippen molar-refractivity contribution in [3.8, 4) is 0 Å². The van der Waals surface area contributed by atoms with E-state index in [-0.39, 0.29) is 11.5 Å². The first kappa shape index (κ1) is 11.5. The van der Waals surface area contributed by atoms with E-state index in [1.807, 2.05) is 0 Å². The molecule has 6 nitrogen and oxygen atoms in total. The number of nitrogens with two attached hydrogens (primary N) is 1. The highest BCUT2D eigenvalue weighted by molar-refractivity contribution is 6.36. The van der Waals surface area contributed by atoms with E-state index in [0.29, 0.717) is 28.3 Å². The molecule has 0 atom stereocenters. The highest BCUT2D eigenvalue weighted by Crippen LogP contribution is 2.33. The zero-order valence-corrected chi connectivity index (χ0v) is 10.5. The Bertz CT molecular complexity index is 698. The third-order valence-electron chi connectivity index (χ3n) is 3.26. The first-order valence-electron chi connectivity index (χ1n) is 5.81. The van der Waals surface area contributed by atoms with Crippen molar-refractivity contribution < 1.29 is 9.59 Å². The van der Waals surface area contributed by atoms with Crippen LogP contribution in [0.4, 0.5) is 11.4 Å². The predicted octanol–water partition coefficient (Wildman–Crippen LogP) is 1.41. The van der Waals surface area contributed by atoms with Crippen LogP contribution >= 0.6 is 0 Å². The zero-order valence-electron chi connectivity index (χ0n) is 10.5. The number of nitrogens with zero attached hydrogens (tertiary/aromatic N) is 2.